The van der Waals surface area contributed by atoms with Crippen molar-refractivity contribution in [2.24, 2.45) is 0 Å². The van der Waals surface area contributed by atoms with Gasteiger partial charge in [0.05, 0.1) is 0 Å². The molecule has 2 aromatic rings. The maximum Gasteiger partial charge on any atom is 0.339 e. The van der Waals surface area contributed by atoms with Crippen LogP contribution in [0.15, 0.2) is 48.5 Å². The van der Waals surface area contributed by atoms with Gasteiger partial charge in [-0.05, 0) is 24.3 Å². The van der Waals surface area contributed by atoms with Gasteiger partial charge in [0.15, 0.2) is 0 Å². The summed E-state index contributed by atoms with van der Waals surface area (Å²) in [6.07, 6.45) is 0. The van der Waals surface area contributed by atoms with Crippen LogP contribution in [0, 0.1) is 0 Å². The fraction of sp³-hybridized carbons (Fsp3) is 0. The number of aromatic carboxylic acids is 2. The van der Waals surface area contributed by atoms with Crippen molar-refractivity contribution in [3.63, 3.8) is 0 Å². The first-order valence-electron chi connectivity index (χ1n) is 5.46. The highest BCUT2D eigenvalue weighted by Gasteiger charge is 2.06. The summed E-state index contributed by atoms with van der Waals surface area (Å²) in [6.45, 7) is 0. The lowest BCUT2D eigenvalue weighted by Gasteiger charge is -1.95. The molecule has 0 radical (unpaired) electrons. The van der Waals surface area contributed by atoms with E-state index in [1.807, 2.05) is 0 Å². The van der Waals surface area contributed by atoms with Gasteiger partial charge < -0.3 is 20.4 Å². The second-order valence-corrected chi connectivity index (χ2v) is 3.64. The Morgan fingerprint density at radius 2 is 0.952 bits per heavy atom. The van der Waals surface area contributed by atoms with Gasteiger partial charge in [0, 0.05) is 0 Å². The van der Waals surface area contributed by atoms with Crippen molar-refractivity contribution < 1.29 is 30.0 Å². The SMILES string of the molecule is O=C(O)c1ccccc1O.O=C(O)c1ccccc1O.[MgH2]. The zero-order chi connectivity index (χ0) is 15.1. The number of hydrogen-bond donors (Lipinski definition) is 4. The standard InChI is InChI=1S/2C7H6O3.Mg.2H/c2*8-6-4-2-1-3-5(6)7(9)10;;;/h2*1-4,8H,(H,9,10);;;. The van der Waals surface area contributed by atoms with Crippen LogP contribution in [-0.2, 0) is 0 Å². The second kappa shape index (κ2) is 8.83. The largest absolute Gasteiger partial charge is 0.507 e. The summed E-state index contributed by atoms with van der Waals surface area (Å²) in [5, 5.41) is 34.6. The van der Waals surface area contributed by atoms with Gasteiger partial charge in [0.2, 0.25) is 0 Å². The highest BCUT2D eigenvalue weighted by Crippen LogP contribution is 2.15. The fourth-order valence-corrected chi connectivity index (χ4v) is 1.31. The molecule has 0 aromatic heterocycles. The fourth-order valence-electron chi connectivity index (χ4n) is 1.31. The van der Waals surface area contributed by atoms with E-state index in [4.69, 9.17) is 20.4 Å². The molecule has 2 aromatic carbocycles. The summed E-state index contributed by atoms with van der Waals surface area (Å²) in [5.41, 5.74) is -0.134. The second-order valence-electron chi connectivity index (χ2n) is 3.64. The molecule has 2 rings (SSSR count). The van der Waals surface area contributed by atoms with E-state index >= 15 is 0 Å². The molecule has 0 saturated carbocycles. The monoisotopic (exact) mass is 302 g/mol. The molecule has 6 nitrogen and oxygen atoms in total. The van der Waals surface area contributed by atoms with Crippen LogP contribution < -0.4 is 0 Å². The van der Waals surface area contributed by atoms with E-state index in [0.29, 0.717) is 0 Å². The normalized spacial score (nSPS) is 8.76. The Balaban J connectivity index is 0.000000364. The molecule has 0 aliphatic rings. The Morgan fingerprint density at radius 1 is 0.667 bits per heavy atom. The van der Waals surface area contributed by atoms with Gasteiger partial charge in [-0.2, -0.15) is 0 Å². The number of carbonyl (C=O) groups is 2. The van der Waals surface area contributed by atoms with E-state index < -0.39 is 11.9 Å². The number of phenols is 2. The van der Waals surface area contributed by atoms with Crippen LogP contribution in [0.2, 0.25) is 0 Å². The number of carboxylic acids is 2. The molecule has 7 heteroatoms. The lowest BCUT2D eigenvalue weighted by Crippen LogP contribution is -1.95. The molecule has 0 unspecified atom stereocenters. The molecule has 0 fully saturated rings. The van der Waals surface area contributed by atoms with Crippen molar-refractivity contribution >= 4 is 35.0 Å². The van der Waals surface area contributed by atoms with Gasteiger partial charge in [-0.15, -0.1) is 0 Å². The molecule has 0 spiro atoms. The zero-order valence-electron chi connectivity index (χ0n) is 10.2. The molecule has 0 atom stereocenters. The Morgan fingerprint density at radius 3 is 1.14 bits per heavy atom. The third-order valence-electron chi connectivity index (χ3n) is 2.27. The van der Waals surface area contributed by atoms with Crippen molar-refractivity contribution in [3.05, 3.63) is 59.7 Å². The third kappa shape index (κ3) is 5.72. The van der Waals surface area contributed by atoms with E-state index in [0.717, 1.165) is 0 Å². The number of carboxylic acid groups (broad SMARTS) is 2. The number of hydrogen-bond acceptors (Lipinski definition) is 4. The Hall–Kier alpha value is -2.25. The molecule has 0 saturated heterocycles. The van der Waals surface area contributed by atoms with Gasteiger partial charge in [0.1, 0.15) is 22.6 Å². The van der Waals surface area contributed by atoms with Gasteiger partial charge in [-0.1, -0.05) is 24.3 Å². The maximum atomic E-state index is 10.3. The van der Waals surface area contributed by atoms with Crippen molar-refractivity contribution in [1.29, 1.82) is 0 Å². The smallest absolute Gasteiger partial charge is 0.339 e. The minimum absolute atomic E-state index is 0. The summed E-state index contributed by atoms with van der Waals surface area (Å²) in [6, 6.07) is 11.6. The lowest BCUT2D eigenvalue weighted by molar-refractivity contribution is 0.0682. The van der Waals surface area contributed by atoms with Crippen LogP contribution >= 0.6 is 0 Å². The molecule has 21 heavy (non-hydrogen) atoms. The molecule has 0 aliphatic heterocycles. The molecular formula is C14H14MgO6. The first kappa shape index (κ1) is 18.7. The maximum absolute atomic E-state index is 10.3. The van der Waals surface area contributed by atoms with E-state index in [9.17, 15) is 9.59 Å². The molecular weight excluding hydrogens is 288 g/mol. The van der Waals surface area contributed by atoms with Gasteiger partial charge in [-0.25, -0.2) is 9.59 Å². The molecule has 0 bridgehead atoms. The van der Waals surface area contributed by atoms with E-state index in [1.165, 1.54) is 24.3 Å². The van der Waals surface area contributed by atoms with Gasteiger partial charge >= 0.3 is 35.0 Å². The highest BCUT2D eigenvalue weighted by atomic mass is 24.3. The molecule has 4 N–H and O–H groups in total. The van der Waals surface area contributed by atoms with E-state index in [-0.39, 0.29) is 45.7 Å². The predicted molar refractivity (Wildman–Crippen MR) is 78.7 cm³/mol. The number of aromatic hydroxyl groups is 2. The topological polar surface area (TPSA) is 115 Å². The minimum atomic E-state index is -1.11. The minimum Gasteiger partial charge on any atom is -0.507 e. The molecule has 0 aliphatic carbocycles. The Labute approximate surface area is 136 Å². The number of benzene rings is 2. The van der Waals surface area contributed by atoms with Crippen molar-refractivity contribution in [2.45, 2.75) is 0 Å². The number of para-hydroxylation sites is 2. The van der Waals surface area contributed by atoms with E-state index in [2.05, 4.69) is 0 Å². The lowest BCUT2D eigenvalue weighted by atomic mass is 10.2. The summed E-state index contributed by atoms with van der Waals surface area (Å²) in [5.74, 6) is -2.62. The number of rotatable bonds is 2. The Kier molecular flexibility index (Phi) is 7.88. The molecule has 0 heterocycles. The zero-order valence-corrected chi connectivity index (χ0v) is 10.2. The molecule has 0 amide bonds. The van der Waals surface area contributed by atoms with Crippen LogP contribution in [0.3, 0.4) is 0 Å². The Bertz CT molecular complexity index is 571. The van der Waals surface area contributed by atoms with Crippen LogP contribution in [0.5, 0.6) is 11.5 Å². The van der Waals surface area contributed by atoms with Crippen molar-refractivity contribution in [2.75, 3.05) is 0 Å². The summed E-state index contributed by atoms with van der Waals surface area (Å²) in [7, 11) is 0. The summed E-state index contributed by atoms with van der Waals surface area (Å²) >= 11 is 0. The molecule has 108 valence electrons. The third-order valence-corrected chi connectivity index (χ3v) is 2.27. The summed E-state index contributed by atoms with van der Waals surface area (Å²) < 4.78 is 0. The highest BCUT2D eigenvalue weighted by molar-refractivity contribution is 5.91. The van der Waals surface area contributed by atoms with Gasteiger partial charge in [0.25, 0.3) is 0 Å². The van der Waals surface area contributed by atoms with Crippen LogP contribution in [0.1, 0.15) is 20.7 Å². The average Bonchev–Trinajstić information content (AvgIpc) is 2.40. The first-order valence-corrected chi connectivity index (χ1v) is 5.46. The van der Waals surface area contributed by atoms with Crippen LogP contribution in [-0.4, -0.2) is 55.4 Å². The van der Waals surface area contributed by atoms with Crippen molar-refractivity contribution in [3.8, 4) is 11.5 Å². The van der Waals surface area contributed by atoms with Crippen molar-refractivity contribution in [1.82, 2.24) is 0 Å². The summed E-state index contributed by atoms with van der Waals surface area (Å²) in [4.78, 5) is 20.5. The predicted octanol–water partition coefficient (Wildman–Crippen LogP) is 1.26. The van der Waals surface area contributed by atoms with Crippen LogP contribution in [0.4, 0.5) is 0 Å². The average molecular weight is 303 g/mol. The van der Waals surface area contributed by atoms with E-state index in [1.54, 1.807) is 24.3 Å². The quantitative estimate of drug-likeness (QED) is 0.621. The first-order chi connectivity index (χ1) is 9.43. The van der Waals surface area contributed by atoms with Crippen LogP contribution in [0.25, 0.3) is 0 Å². The van der Waals surface area contributed by atoms with Gasteiger partial charge in [-0.3, -0.25) is 0 Å².